The SMILES string of the molecule is c1ccc2c(c1)Cc1cc3c(cc1-2)-c1c(ccc2c1c1cccnc1n1c4cccnc4nc21)C3. The summed E-state index contributed by atoms with van der Waals surface area (Å²) in [7, 11) is 0. The Hall–Kier alpha value is -4.57. The molecule has 3 aromatic carbocycles. The standard InChI is InChI=1S/C31H18N4/c1-2-6-21-17(5-1)13-19-15-20-14-18-9-10-23-28(27(18)25(20)16-24(19)21)22-7-3-12-33-30(22)35-26-8-4-11-32-29(26)34-31(23)35/h1-12,15-16H,13-14H2. The van der Waals surface area contributed by atoms with Crippen molar-refractivity contribution in [3.63, 3.8) is 0 Å². The van der Waals surface area contributed by atoms with Gasteiger partial charge in [-0.3, -0.25) is 4.40 Å². The molecule has 0 amide bonds. The van der Waals surface area contributed by atoms with Gasteiger partial charge in [0.2, 0.25) is 0 Å². The van der Waals surface area contributed by atoms with E-state index in [0.717, 1.165) is 46.1 Å². The van der Waals surface area contributed by atoms with Crippen LogP contribution in [0.4, 0.5) is 0 Å². The Morgan fingerprint density at radius 3 is 2.43 bits per heavy atom. The van der Waals surface area contributed by atoms with Crippen LogP contribution in [0.25, 0.3) is 60.9 Å². The van der Waals surface area contributed by atoms with E-state index in [0.29, 0.717) is 0 Å². The fourth-order valence-electron chi connectivity index (χ4n) is 6.46. The number of nitrogens with zero attached hydrogens (tertiary/aromatic N) is 4. The van der Waals surface area contributed by atoms with E-state index in [4.69, 9.17) is 9.97 Å². The van der Waals surface area contributed by atoms with Crippen LogP contribution in [-0.2, 0) is 12.8 Å². The van der Waals surface area contributed by atoms with Crippen LogP contribution < -0.4 is 0 Å². The average molecular weight is 447 g/mol. The average Bonchev–Trinajstić information content (AvgIpc) is 3.58. The van der Waals surface area contributed by atoms with Gasteiger partial charge in [-0.2, -0.15) is 0 Å². The lowest BCUT2D eigenvalue weighted by Gasteiger charge is -2.13. The fraction of sp³-hybridized carbons (Fsp3) is 0.0645. The molecule has 0 spiro atoms. The molecule has 0 fully saturated rings. The van der Waals surface area contributed by atoms with Gasteiger partial charge in [-0.1, -0.05) is 42.5 Å². The highest BCUT2D eigenvalue weighted by molar-refractivity contribution is 6.20. The molecule has 0 aliphatic heterocycles. The lowest BCUT2D eigenvalue weighted by atomic mass is 9.93. The number of fused-ring (bicyclic) bond motifs is 15. The maximum atomic E-state index is 4.97. The van der Waals surface area contributed by atoms with Gasteiger partial charge >= 0.3 is 0 Å². The molecule has 2 aliphatic carbocycles. The van der Waals surface area contributed by atoms with E-state index in [1.807, 2.05) is 18.3 Å². The summed E-state index contributed by atoms with van der Waals surface area (Å²) in [6.07, 6.45) is 5.67. The highest BCUT2D eigenvalue weighted by Crippen LogP contribution is 2.48. The van der Waals surface area contributed by atoms with Crippen molar-refractivity contribution in [1.29, 1.82) is 0 Å². The van der Waals surface area contributed by atoms with E-state index in [9.17, 15) is 0 Å². The first-order valence-corrected chi connectivity index (χ1v) is 12.0. The van der Waals surface area contributed by atoms with Crippen molar-refractivity contribution < 1.29 is 0 Å². The first-order chi connectivity index (χ1) is 17.3. The Kier molecular flexibility index (Phi) is 3.11. The Balaban J connectivity index is 1.46. The summed E-state index contributed by atoms with van der Waals surface area (Å²) in [6.45, 7) is 0. The summed E-state index contributed by atoms with van der Waals surface area (Å²) >= 11 is 0. The van der Waals surface area contributed by atoms with Crippen molar-refractivity contribution in [1.82, 2.24) is 19.4 Å². The summed E-state index contributed by atoms with van der Waals surface area (Å²) < 4.78 is 2.17. The van der Waals surface area contributed by atoms with Crippen LogP contribution in [0.2, 0.25) is 0 Å². The largest absolute Gasteiger partial charge is 0.274 e. The number of hydrogen-bond acceptors (Lipinski definition) is 3. The lowest BCUT2D eigenvalue weighted by Crippen LogP contribution is -1.95. The van der Waals surface area contributed by atoms with Gasteiger partial charge in [-0.15, -0.1) is 0 Å². The first kappa shape index (κ1) is 17.8. The molecule has 0 saturated heterocycles. The van der Waals surface area contributed by atoms with Crippen molar-refractivity contribution in [3.8, 4) is 22.3 Å². The van der Waals surface area contributed by atoms with E-state index in [1.165, 1.54) is 49.9 Å². The molecule has 4 nitrogen and oxygen atoms in total. The minimum atomic E-state index is 0.752. The number of imidazole rings is 1. The Labute approximate surface area is 200 Å². The monoisotopic (exact) mass is 446 g/mol. The molecule has 0 radical (unpaired) electrons. The molecule has 0 unspecified atom stereocenters. The predicted octanol–water partition coefficient (Wildman–Crippen LogP) is 6.73. The van der Waals surface area contributed by atoms with Crippen LogP contribution in [0.15, 0.2) is 85.2 Å². The summed E-state index contributed by atoms with van der Waals surface area (Å²) in [5.74, 6) is 0. The maximum Gasteiger partial charge on any atom is 0.178 e. The van der Waals surface area contributed by atoms with Crippen LogP contribution in [-0.4, -0.2) is 19.4 Å². The Morgan fingerprint density at radius 2 is 1.43 bits per heavy atom. The molecule has 0 atom stereocenters. The van der Waals surface area contributed by atoms with Crippen molar-refractivity contribution in [3.05, 3.63) is 107 Å². The van der Waals surface area contributed by atoms with Crippen LogP contribution in [0.5, 0.6) is 0 Å². The highest BCUT2D eigenvalue weighted by atomic mass is 15.1. The molecule has 0 saturated carbocycles. The number of hydrogen-bond donors (Lipinski definition) is 0. The third-order valence-corrected chi connectivity index (χ3v) is 7.90. The molecule has 7 aromatic rings. The Bertz CT molecular complexity index is 2070. The minimum Gasteiger partial charge on any atom is -0.274 e. The summed E-state index contributed by atoms with van der Waals surface area (Å²) in [5.41, 5.74) is 14.7. The van der Waals surface area contributed by atoms with Gasteiger partial charge in [0.05, 0.1) is 5.52 Å². The zero-order chi connectivity index (χ0) is 22.7. The van der Waals surface area contributed by atoms with Crippen molar-refractivity contribution in [2.45, 2.75) is 12.8 Å². The summed E-state index contributed by atoms with van der Waals surface area (Å²) in [6, 6.07) is 26.5. The van der Waals surface area contributed by atoms with Crippen LogP contribution in [0, 0.1) is 0 Å². The number of rotatable bonds is 0. The Morgan fingerprint density at radius 1 is 0.600 bits per heavy atom. The van der Waals surface area contributed by atoms with Crippen molar-refractivity contribution >= 4 is 38.6 Å². The number of pyridine rings is 3. The molecule has 4 aromatic heterocycles. The molecule has 4 heterocycles. The second-order valence-corrected chi connectivity index (χ2v) is 9.69. The summed E-state index contributed by atoms with van der Waals surface area (Å²) in [4.78, 5) is 14.4. The molecule has 0 bridgehead atoms. The zero-order valence-corrected chi connectivity index (χ0v) is 18.8. The maximum absolute atomic E-state index is 4.97. The van der Waals surface area contributed by atoms with Gasteiger partial charge < -0.3 is 0 Å². The second kappa shape index (κ2) is 6.10. The molecule has 162 valence electrons. The van der Waals surface area contributed by atoms with E-state index in [1.54, 1.807) is 6.20 Å². The summed E-state index contributed by atoms with van der Waals surface area (Å²) in [5, 5.41) is 3.55. The molecule has 2 aliphatic rings. The van der Waals surface area contributed by atoms with Gasteiger partial charge in [-0.05, 0) is 87.7 Å². The molecular weight excluding hydrogens is 428 g/mol. The van der Waals surface area contributed by atoms with E-state index < -0.39 is 0 Å². The first-order valence-electron chi connectivity index (χ1n) is 12.0. The molecule has 4 heteroatoms. The normalized spacial score (nSPS) is 13.5. The highest BCUT2D eigenvalue weighted by Gasteiger charge is 2.28. The lowest BCUT2D eigenvalue weighted by molar-refractivity contribution is 1.21. The molecule has 0 N–H and O–H groups in total. The smallest absolute Gasteiger partial charge is 0.178 e. The predicted molar refractivity (Wildman–Crippen MR) is 140 cm³/mol. The van der Waals surface area contributed by atoms with Gasteiger partial charge in [0.15, 0.2) is 5.65 Å². The van der Waals surface area contributed by atoms with Crippen LogP contribution >= 0.6 is 0 Å². The van der Waals surface area contributed by atoms with Gasteiger partial charge in [0, 0.05) is 28.6 Å². The number of benzene rings is 3. The van der Waals surface area contributed by atoms with Gasteiger partial charge in [0.1, 0.15) is 11.3 Å². The van der Waals surface area contributed by atoms with Crippen molar-refractivity contribution in [2.75, 3.05) is 0 Å². The van der Waals surface area contributed by atoms with E-state index >= 15 is 0 Å². The second-order valence-electron chi connectivity index (χ2n) is 9.69. The van der Waals surface area contributed by atoms with Gasteiger partial charge in [-0.25, -0.2) is 15.0 Å². The van der Waals surface area contributed by atoms with Gasteiger partial charge in [0.25, 0.3) is 0 Å². The zero-order valence-electron chi connectivity index (χ0n) is 18.8. The fourth-order valence-corrected chi connectivity index (χ4v) is 6.46. The minimum absolute atomic E-state index is 0.752. The third kappa shape index (κ3) is 2.15. The van der Waals surface area contributed by atoms with E-state index in [2.05, 4.69) is 70.0 Å². The van der Waals surface area contributed by atoms with E-state index in [-0.39, 0.29) is 0 Å². The van der Waals surface area contributed by atoms with Crippen molar-refractivity contribution in [2.24, 2.45) is 0 Å². The van der Waals surface area contributed by atoms with Crippen LogP contribution in [0.3, 0.4) is 0 Å². The third-order valence-electron chi connectivity index (χ3n) is 7.90. The number of aromatic nitrogens is 4. The topological polar surface area (TPSA) is 43.1 Å². The van der Waals surface area contributed by atoms with Crippen LogP contribution in [0.1, 0.15) is 22.3 Å². The molecule has 35 heavy (non-hydrogen) atoms. The molecule has 9 rings (SSSR count). The quantitative estimate of drug-likeness (QED) is 0.243. The molecular formula is C31H18N4.